The third kappa shape index (κ3) is 2.68. The van der Waals surface area contributed by atoms with Crippen molar-refractivity contribution in [1.82, 2.24) is 10.1 Å². The molecule has 1 fully saturated rings. The maximum Gasteiger partial charge on any atom is 0.232 e. The van der Waals surface area contributed by atoms with Crippen molar-refractivity contribution < 1.29 is 9.63 Å². The van der Waals surface area contributed by atoms with E-state index in [4.69, 9.17) is 4.52 Å². The maximum absolute atomic E-state index is 9.85. The van der Waals surface area contributed by atoms with Crippen LogP contribution in [0.3, 0.4) is 0 Å². The van der Waals surface area contributed by atoms with Gasteiger partial charge in [-0.15, -0.1) is 0 Å². The topological polar surface area (TPSA) is 59.2 Å². The van der Waals surface area contributed by atoms with Crippen LogP contribution in [-0.2, 0) is 6.42 Å². The van der Waals surface area contributed by atoms with Gasteiger partial charge >= 0.3 is 0 Å². The van der Waals surface area contributed by atoms with E-state index in [2.05, 4.69) is 35.3 Å². The molecule has 100 valence electrons. The molecule has 2 aromatic rings. The van der Waals surface area contributed by atoms with E-state index in [1.54, 1.807) is 0 Å². The zero-order valence-corrected chi connectivity index (χ0v) is 11.0. The number of nitrogens with zero attached hydrogens (tertiary/aromatic N) is 2. The standard InChI is InChI=1S/C15H18N2O2/c1-10-4-2-5-11(8-10)9-14-16-15(19-17-14)12-6-3-7-13(12)18/h2,4-5,8,12-13,18H,3,6-7,9H2,1H3. The zero-order valence-electron chi connectivity index (χ0n) is 11.0. The quantitative estimate of drug-likeness (QED) is 0.919. The van der Waals surface area contributed by atoms with Crippen molar-refractivity contribution in [3.63, 3.8) is 0 Å². The van der Waals surface area contributed by atoms with Crippen LogP contribution in [0.15, 0.2) is 28.8 Å². The fraction of sp³-hybridized carbons (Fsp3) is 0.467. The molecule has 2 unspecified atom stereocenters. The summed E-state index contributed by atoms with van der Waals surface area (Å²) in [6, 6.07) is 8.29. The highest BCUT2D eigenvalue weighted by Crippen LogP contribution is 2.33. The summed E-state index contributed by atoms with van der Waals surface area (Å²) in [5.41, 5.74) is 2.41. The minimum Gasteiger partial charge on any atom is -0.392 e. The number of hydrogen-bond acceptors (Lipinski definition) is 4. The van der Waals surface area contributed by atoms with E-state index < -0.39 is 0 Å². The van der Waals surface area contributed by atoms with E-state index in [-0.39, 0.29) is 12.0 Å². The first kappa shape index (κ1) is 12.4. The number of aliphatic hydroxyl groups excluding tert-OH is 1. The normalized spacial score (nSPS) is 22.8. The first-order valence-corrected chi connectivity index (χ1v) is 6.78. The largest absolute Gasteiger partial charge is 0.392 e. The Bertz CT molecular complexity index is 565. The molecule has 0 aliphatic heterocycles. The second-order valence-electron chi connectivity index (χ2n) is 5.32. The molecule has 4 heteroatoms. The van der Waals surface area contributed by atoms with Crippen LogP contribution in [0.1, 0.15) is 48.0 Å². The molecule has 3 rings (SSSR count). The summed E-state index contributed by atoms with van der Waals surface area (Å²) in [7, 11) is 0. The third-order valence-corrected chi connectivity index (χ3v) is 3.73. The molecule has 1 aliphatic rings. The van der Waals surface area contributed by atoms with Crippen LogP contribution in [0, 0.1) is 6.92 Å². The van der Waals surface area contributed by atoms with E-state index >= 15 is 0 Å². The minimum absolute atomic E-state index is 0.0266. The van der Waals surface area contributed by atoms with Gasteiger partial charge in [0.2, 0.25) is 5.89 Å². The first-order valence-electron chi connectivity index (χ1n) is 6.78. The van der Waals surface area contributed by atoms with Gasteiger partial charge in [0.05, 0.1) is 12.0 Å². The molecule has 1 aliphatic carbocycles. The minimum atomic E-state index is -0.327. The van der Waals surface area contributed by atoms with E-state index in [1.807, 2.05) is 6.07 Å². The number of hydrogen-bond donors (Lipinski definition) is 1. The van der Waals surface area contributed by atoms with Crippen LogP contribution in [-0.4, -0.2) is 21.4 Å². The fourth-order valence-electron chi connectivity index (χ4n) is 2.72. The van der Waals surface area contributed by atoms with Gasteiger partial charge in [0, 0.05) is 6.42 Å². The van der Waals surface area contributed by atoms with Gasteiger partial charge in [0.25, 0.3) is 0 Å². The Kier molecular flexibility index (Phi) is 3.34. The van der Waals surface area contributed by atoms with Gasteiger partial charge in [0.15, 0.2) is 5.82 Å². The number of aromatic nitrogens is 2. The van der Waals surface area contributed by atoms with Gasteiger partial charge in [0.1, 0.15) is 0 Å². The average molecular weight is 258 g/mol. The van der Waals surface area contributed by atoms with Crippen LogP contribution in [0.2, 0.25) is 0 Å². The van der Waals surface area contributed by atoms with Gasteiger partial charge < -0.3 is 9.63 Å². The van der Waals surface area contributed by atoms with Gasteiger partial charge in [-0.3, -0.25) is 0 Å². The number of aliphatic hydroxyl groups is 1. The highest BCUT2D eigenvalue weighted by molar-refractivity contribution is 5.24. The van der Waals surface area contributed by atoms with Crippen molar-refractivity contribution in [2.75, 3.05) is 0 Å². The predicted octanol–water partition coefficient (Wildman–Crippen LogP) is 2.60. The van der Waals surface area contributed by atoms with Crippen LogP contribution in [0.5, 0.6) is 0 Å². The molecular weight excluding hydrogens is 240 g/mol. The number of benzene rings is 1. The molecule has 1 aromatic heterocycles. The molecule has 0 amide bonds. The summed E-state index contributed by atoms with van der Waals surface area (Å²) in [6.07, 6.45) is 3.15. The molecule has 2 atom stereocenters. The molecule has 0 radical (unpaired) electrons. The van der Waals surface area contributed by atoms with Crippen molar-refractivity contribution in [2.45, 2.75) is 44.6 Å². The Labute approximate surface area is 112 Å². The SMILES string of the molecule is Cc1cccc(Cc2noc(C3CCCC3O)n2)c1. The van der Waals surface area contributed by atoms with Crippen LogP contribution >= 0.6 is 0 Å². The monoisotopic (exact) mass is 258 g/mol. The highest BCUT2D eigenvalue weighted by atomic mass is 16.5. The first-order chi connectivity index (χ1) is 9.22. The fourth-order valence-corrected chi connectivity index (χ4v) is 2.72. The number of rotatable bonds is 3. The summed E-state index contributed by atoms with van der Waals surface area (Å²) in [5.74, 6) is 1.31. The summed E-state index contributed by atoms with van der Waals surface area (Å²) >= 11 is 0. The molecular formula is C15H18N2O2. The molecule has 4 nitrogen and oxygen atoms in total. The Hall–Kier alpha value is -1.68. The lowest BCUT2D eigenvalue weighted by molar-refractivity contribution is 0.148. The van der Waals surface area contributed by atoms with Gasteiger partial charge in [-0.2, -0.15) is 4.98 Å². The van der Waals surface area contributed by atoms with E-state index in [1.165, 1.54) is 11.1 Å². The molecule has 1 N–H and O–H groups in total. The average Bonchev–Trinajstić information content (AvgIpc) is 2.98. The van der Waals surface area contributed by atoms with Crippen LogP contribution in [0.25, 0.3) is 0 Å². The van der Waals surface area contributed by atoms with Crippen molar-refractivity contribution in [2.24, 2.45) is 0 Å². The summed E-state index contributed by atoms with van der Waals surface area (Å²) in [6.45, 7) is 2.07. The molecule has 1 saturated carbocycles. The maximum atomic E-state index is 9.85. The molecule has 19 heavy (non-hydrogen) atoms. The molecule has 0 bridgehead atoms. The molecule has 0 saturated heterocycles. The molecule has 1 heterocycles. The lowest BCUT2D eigenvalue weighted by Gasteiger charge is -2.07. The Morgan fingerprint density at radius 2 is 2.26 bits per heavy atom. The Balaban J connectivity index is 1.74. The summed E-state index contributed by atoms with van der Waals surface area (Å²) < 4.78 is 5.30. The van der Waals surface area contributed by atoms with Gasteiger partial charge in [-0.05, 0) is 31.7 Å². The van der Waals surface area contributed by atoms with Crippen LogP contribution in [0.4, 0.5) is 0 Å². The second kappa shape index (κ2) is 5.13. The Morgan fingerprint density at radius 1 is 1.37 bits per heavy atom. The van der Waals surface area contributed by atoms with Crippen molar-refractivity contribution in [3.05, 3.63) is 47.1 Å². The lowest BCUT2D eigenvalue weighted by Crippen LogP contribution is -2.11. The lowest BCUT2D eigenvalue weighted by atomic mass is 10.1. The summed E-state index contributed by atoms with van der Waals surface area (Å²) in [5, 5.41) is 13.9. The second-order valence-corrected chi connectivity index (χ2v) is 5.32. The summed E-state index contributed by atoms with van der Waals surface area (Å²) in [4.78, 5) is 4.43. The van der Waals surface area contributed by atoms with Crippen molar-refractivity contribution >= 4 is 0 Å². The van der Waals surface area contributed by atoms with E-state index in [0.29, 0.717) is 18.1 Å². The molecule has 1 aromatic carbocycles. The predicted molar refractivity (Wildman–Crippen MR) is 70.9 cm³/mol. The highest BCUT2D eigenvalue weighted by Gasteiger charge is 2.31. The van der Waals surface area contributed by atoms with Gasteiger partial charge in [-0.25, -0.2) is 0 Å². The van der Waals surface area contributed by atoms with Crippen LogP contribution < -0.4 is 0 Å². The number of aryl methyl sites for hydroxylation is 1. The zero-order chi connectivity index (χ0) is 13.2. The smallest absolute Gasteiger partial charge is 0.232 e. The Morgan fingerprint density at radius 3 is 3.00 bits per heavy atom. The molecule has 0 spiro atoms. The van der Waals surface area contributed by atoms with E-state index in [9.17, 15) is 5.11 Å². The van der Waals surface area contributed by atoms with Crippen molar-refractivity contribution in [1.29, 1.82) is 0 Å². The van der Waals surface area contributed by atoms with Gasteiger partial charge in [-0.1, -0.05) is 35.0 Å². The van der Waals surface area contributed by atoms with Crippen molar-refractivity contribution in [3.8, 4) is 0 Å². The third-order valence-electron chi connectivity index (χ3n) is 3.73. The van der Waals surface area contributed by atoms with E-state index in [0.717, 1.165) is 19.3 Å².